The van der Waals surface area contributed by atoms with Gasteiger partial charge in [0.1, 0.15) is 10.7 Å². The second kappa shape index (κ2) is 16.6. The first-order chi connectivity index (χ1) is 18.6. The van der Waals surface area contributed by atoms with Crippen molar-refractivity contribution in [1.82, 2.24) is 4.90 Å². The summed E-state index contributed by atoms with van der Waals surface area (Å²) in [4.78, 5) is 20.9. The number of aliphatic imine (C=N–C) groups is 1. The maximum atomic E-state index is 13.5. The molecule has 0 aromatic heterocycles. The van der Waals surface area contributed by atoms with Crippen molar-refractivity contribution in [2.75, 3.05) is 0 Å². The molecule has 0 aliphatic carbocycles. The molecule has 0 N–H and O–H groups in total. The molecule has 1 atom stereocenters. The lowest BCUT2D eigenvalue weighted by Crippen LogP contribution is -2.46. The number of hydrogen-bond donors (Lipinski definition) is 0. The molecule has 0 radical (unpaired) electrons. The highest BCUT2D eigenvalue weighted by Gasteiger charge is 2.45. The van der Waals surface area contributed by atoms with Gasteiger partial charge in [-0.3, -0.25) is 9.69 Å². The van der Waals surface area contributed by atoms with Gasteiger partial charge in [0.15, 0.2) is 5.66 Å². The van der Waals surface area contributed by atoms with Gasteiger partial charge in [-0.05, 0) is 18.9 Å². The van der Waals surface area contributed by atoms with Crippen molar-refractivity contribution in [1.29, 1.82) is 0 Å². The smallest absolute Gasteiger partial charge is 0.229 e. The van der Waals surface area contributed by atoms with E-state index in [9.17, 15) is 4.79 Å². The zero-order valence-electron chi connectivity index (χ0n) is 23.8. The average molecular weight is 533 g/mol. The minimum atomic E-state index is -0.809. The number of thiocarbonyl (C=S) groups is 1. The van der Waals surface area contributed by atoms with E-state index < -0.39 is 5.66 Å². The Balaban J connectivity index is 1.39. The zero-order chi connectivity index (χ0) is 27.1. The molecule has 0 saturated carbocycles. The van der Waals surface area contributed by atoms with Crippen LogP contribution < -0.4 is 0 Å². The van der Waals surface area contributed by atoms with E-state index in [0.29, 0.717) is 11.4 Å². The maximum Gasteiger partial charge on any atom is 0.229 e. The van der Waals surface area contributed by atoms with Gasteiger partial charge in [0.25, 0.3) is 0 Å². The van der Waals surface area contributed by atoms with Crippen LogP contribution in [0.5, 0.6) is 0 Å². The van der Waals surface area contributed by atoms with Crippen LogP contribution in [-0.2, 0) is 10.5 Å². The monoisotopic (exact) mass is 532 g/mol. The van der Waals surface area contributed by atoms with Crippen molar-refractivity contribution >= 4 is 28.8 Å². The molecule has 0 saturated heterocycles. The molecule has 3 rings (SSSR count). The molecule has 4 heteroatoms. The van der Waals surface area contributed by atoms with E-state index in [2.05, 4.69) is 6.92 Å². The quantitative estimate of drug-likeness (QED) is 0.141. The summed E-state index contributed by atoms with van der Waals surface area (Å²) in [7, 11) is 0. The molecule has 1 amide bonds. The number of benzene rings is 2. The maximum absolute atomic E-state index is 13.5. The molecule has 0 spiro atoms. The normalized spacial score (nSPS) is 17.2. The Bertz CT molecular complexity index is 1000. The largest absolute Gasteiger partial charge is 0.274 e. The number of carbonyl (C=O) groups is 1. The van der Waals surface area contributed by atoms with Crippen LogP contribution in [0.3, 0.4) is 0 Å². The van der Waals surface area contributed by atoms with Gasteiger partial charge < -0.3 is 0 Å². The van der Waals surface area contributed by atoms with Gasteiger partial charge in [0.05, 0.1) is 0 Å². The van der Waals surface area contributed by atoms with E-state index in [1.807, 2.05) is 67.6 Å². The molecule has 1 heterocycles. The van der Waals surface area contributed by atoms with Gasteiger partial charge in [-0.25, -0.2) is 4.99 Å². The topological polar surface area (TPSA) is 32.7 Å². The molecule has 206 valence electrons. The van der Waals surface area contributed by atoms with Crippen LogP contribution >= 0.6 is 12.2 Å². The van der Waals surface area contributed by atoms with Crippen LogP contribution in [0.25, 0.3) is 0 Å². The number of hydrogen-bond acceptors (Lipinski definition) is 3. The Morgan fingerprint density at radius 2 is 1.16 bits per heavy atom. The zero-order valence-corrected chi connectivity index (χ0v) is 24.6. The van der Waals surface area contributed by atoms with E-state index in [4.69, 9.17) is 17.2 Å². The van der Waals surface area contributed by atoms with Gasteiger partial charge in [-0.2, -0.15) is 0 Å². The molecule has 3 nitrogen and oxygen atoms in total. The van der Waals surface area contributed by atoms with E-state index in [-0.39, 0.29) is 5.91 Å². The molecule has 0 bridgehead atoms. The number of carbonyl (C=O) groups excluding carboxylic acids is 1. The predicted octanol–water partition coefficient (Wildman–Crippen LogP) is 9.78. The van der Waals surface area contributed by atoms with Crippen molar-refractivity contribution in [3.05, 3.63) is 71.8 Å². The summed E-state index contributed by atoms with van der Waals surface area (Å²) in [5.41, 5.74) is 1.87. The van der Waals surface area contributed by atoms with Gasteiger partial charge in [0, 0.05) is 12.0 Å². The van der Waals surface area contributed by atoms with Gasteiger partial charge in [0.2, 0.25) is 5.91 Å². The third-order valence-electron chi connectivity index (χ3n) is 7.78. The summed E-state index contributed by atoms with van der Waals surface area (Å²) in [6.07, 6.45) is 20.3. The van der Waals surface area contributed by atoms with Crippen molar-refractivity contribution in [2.45, 2.75) is 122 Å². The van der Waals surface area contributed by atoms with E-state index in [0.717, 1.165) is 29.7 Å². The number of rotatable bonds is 18. The summed E-state index contributed by atoms with van der Waals surface area (Å²) in [5, 5.41) is 0. The lowest BCUT2D eigenvalue weighted by molar-refractivity contribution is -0.131. The fourth-order valence-electron chi connectivity index (χ4n) is 5.47. The number of nitrogens with zero attached hydrogens (tertiary/aromatic N) is 2. The second-order valence-corrected chi connectivity index (χ2v) is 11.3. The highest BCUT2D eigenvalue weighted by atomic mass is 32.1. The van der Waals surface area contributed by atoms with E-state index >= 15 is 0 Å². The van der Waals surface area contributed by atoms with Crippen LogP contribution in [0.1, 0.15) is 128 Å². The van der Waals surface area contributed by atoms with Gasteiger partial charge in [-0.1, -0.05) is 170 Å². The van der Waals surface area contributed by atoms with Crippen molar-refractivity contribution in [2.24, 2.45) is 4.99 Å². The molecule has 1 aliphatic heterocycles. The first-order valence-corrected chi connectivity index (χ1v) is 15.6. The average Bonchev–Trinajstić information content (AvgIpc) is 3.23. The van der Waals surface area contributed by atoms with Gasteiger partial charge >= 0.3 is 0 Å². The summed E-state index contributed by atoms with van der Waals surface area (Å²) >= 11 is 5.85. The van der Waals surface area contributed by atoms with Crippen LogP contribution in [0.4, 0.5) is 0 Å². The summed E-state index contributed by atoms with van der Waals surface area (Å²) in [5.74, 6) is 0.0747. The highest BCUT2D eigenvalue weighted by molar-refractivity contribution is 7.82. The summed E-state index contributed by atoms with van der Waals surface area (Å²) < 4.78 is 0. The first kappa shape index (κ1) is 30.2. The molecule has 1 unspecified atom stereocenters. The molecule has 2 aromatic carbocycles. The third-order valence-corrected chi connectivity index (χ3v) is 8.16. The minimum absolute atomic E-state index is 0.0747. The first-order valence-electron chi connectivity index (χ1n) is 15.2. The lowest BCUT2D eigenvalue weighted by atomic mass is 10.00. The number of unbranched alkanes of at least 4 members (excludes halogenated alkanes) is 14. The second-order valence-electron chi connectivity index (χ2n) is 10.9. The summed E-state index contributed by atoms with van der Waals surface area (Å²) in [6.45, 7) is 4.29. The fourth-order valence-corrected chi connectivity index (χ4v) is 5.91. The van der Waals surface area contributed by atoms with E-state index in [1.54, 1.807) is 4.90 Å². The third kappa shape index (κ3) is 8.86. The molecular weight excluding hydrogens is 484 g/mol. The standard InChI is InChI=1S/C34H48N2OS/c1-3-4-5-6-7-8-9-10-11-12-13-14-15-16-23-28-31(37)36-33(38)32(29-24-19-17-20-25-29)35-34(36,2)30-26-21-18-22-27-30/h17-22,24-27H,3-16,23,28H2,1-2H3. The summed E-state index contributed by atoms with van der Waals surface area (Å²) in [6, 6.07) is 20.0. The Labute approximate surface area is 237 Å². The number of amides is 1. The fraction of sp³-hybridized carbons (Fsp3) is 0.559. The highest BCUT2D eigenvalue weighted by Crippen LogP contribution is 2.37. The minimum Gasteiger partial charge on any atom is -0.274 e. The predicted molar refractivity (Wildman–Crippen MR) is 166 cm³/mol. The Morgan fingerprint density at radius 1 is 0.711 bits per heavy atom. The van der Waals surface area contributed by atoms with Crippen LogP contribution in [0.2, 0.25) is 0 Å². The van der Waals surface area contributed by atoms with Crippen molar-refractivity contribution in [3.8, 4) is 0 Å². The molecule has 1 aliphatic rings. The van der Waals surface area contributed by atoms with Crippen molar-refractivity contribution in [3.63, 3.8) is 0 Å². The lowest BCUT2D eigenvalue weighted by Gasteiger charge is -2.33. The molecule has 0 fully saturated rings. The van der Waals surface area contributed by atoms with E-state index in [1.165, 1.54) is 83.5 Å². The SMILES string of the molecule is CCCCCCCCCCCCCCCCCC(=O)N1C(=S)C(c2ccccc2)=NC1(C)c1ccccc1. The van der Waals surface area contributed by atoms with Crippen molar-refractivity contribution < 1.29 is 4.79 Å². The van der Waals surface area contributed by atoms with Crippen LogP contribution in [0, 0.1) is 0 Å². The Hall–Kier alpha value is -2.33. The van der Waals surface area contributed by atoms with Crippen LogP contribution in [-0.4, -0.2) is 21.5 Å². The molecule has 38 heavy (non-hydrogen) atoms. The Morgan fingerprint density at radius 3 is 1.66 bits per heavy atom. The molecular formula is C34H48N2OS. The van der Waals surface area contributed by atoms with Crippen LogP contribution in [0.15, 0.2) is 65.7 Å². The molecule has 2 aromatic rings. The Kier molecular flexibility index (Phi) is 13.2. The van der Waals surface area contributed by atoms with Gasteiger partial charge in [-0.15, -0.1) is 0 Å².